The van der Waals surface area contributed by atoms with Gasteiger partial charge in [-0.15, -0.1) is 0 Å². The standard InChI is InChI=1S/C15H23NO/c1-12-5-4-8-14(11-12)17-10-9-15(16)13-6-2-3-7-13/h4-5,8,11,13,15H,2-3,6-7,9-10,16H2,1H3. The highest BCUT2D eigenvalue weighted by molar-refractivity contribution is 5.27. The summed E-state index contributed by atoms with van der Waals surface area (Å²) in [4.78, 5) is 0. The number of aryl methyl sites for hydroxylation is 1. The fourth-order valence-electron chi connectivity index (χ4n) is 2.64. The Hall–Kier alpha value is -1.02. The molecule has 2 nitrogen and oxygen atoms in total. The molecule has 0 amide bonds. The van der Waals surface area contributed by atoms with Crippen molar-refractivity contribution >= 4 is 0 Å². The Morgan fingerprint density at radius 3 is 2.82 bits per heavy atom. The van der Waals surface area contributed by atoms with E-state index in [1.165, 1.54) is 31.2 Å². The maximum Gasteiger partial charge on any atom is 0.119 e. The summed E-state index contributed by atoms with van der Waals surface area (Å²) >= 11 is 0. The van der Waals surface area contributed by atoms with Gasteiger partial charge < -0.3 is 10.5 Å². The summed E-state index contributed by atoms with van der Waals surface area (Å²) in [6.45, 7) is 2.82. The predicted octanol–water partition coefficient (Wildman–Crippen LogP) is 3.28. The van der Waals surface area contributed by atoms with Gasteiger partial charge in [0.05, 0.1) is 6.61 Å². The topological polar surface area (TPSA) is 35.2 Å². The SMILES string of the molecule is Cc1cccc(OCCC(N)C2CCCC2)c1. The first-order valence-corrected chi connectivity index (χ1v) is 6.71. The lowest BCUT2D eigenvalue weighted by Crippen LogP contribution is -2.30. The Bertz CT molecular complexity index is 345. The molecule has 0 heterocycles. The molecule has 0 radical (unpaired) electrons. The van der Waals surface area contributed by atoms with Crippen LogP contribution in [-0.2, 0) is 0 Å². The highest BCUT2D eigenvalue weighted by Gasteiger charge is 2.21. The summed E-state index contributed by atoms with van der Waals surface area (Å²) in [6.07, 6.45) is 6.31. The van der Waals surface area contributed by atoms with Crippen molar-refractivity contribution in [1.82, 2.24) is 0 Å². The zero-order valence-corrected chi connectivity index (χ0v) is 10.7. The smallest absolute Gasteiger partial charge is 0.119 e. The molecule has 0 aromatic heterocycles. The van der Waals surface area contributed by atoms with E-state index in [1.807, 2.05) is 12.1 Å². The van der Waals surface area contributed by atoms with E-state index in [4.69, 9.17) is 10.5 Å². The van der Waals surface area contributed by atoms with Crippen LogP contribution in [0.3, 0.4) is 0 Å². The van der Waals surface area contributed by atoms with Gasteiger partial charge in [0.25, 0.3) is 0 Å². The van der Waals surface area contributed by atoms with E-state index in [2.05, 4.69) is 19.1 Å². The van der Waals surface area contributed by atoms with Gasteiger partial charge in [0.2, 0.25) is 0 Å². The number of hydrogen-bond donors (Lipinski definition) is 1. The Morgan fingerprint density at radius 2 is 2.12 bits per heavy atom. The summed E-state index contributed by atoms with van der Waals surface area (Å²) in [5.41, 5.74) is 7.43. The molecule has 1 atom stereocenters. The van der Waals surface area contributed by atoms with E-state index >= 15 is 0 Å². The third-order valence-corrected chi connectivity index (χ3v) is 3.71. The molecule has 0 bridgehead atoms. The fourth-order valence-corrected chi connectivity index (χ4v) is 2.64. The van der Waals surface area contributed by atoms with Gasteiger partial charge in [0.15, 0.2) is 0 Å². The van der Waals surface area contributed by atoms with E-state index in [0.717, 1.165) is 24.7 Å². The molecule has 1 aliphatic rings. The molecule has 0 aliphatic heterocycles. The Kier molecular flexibility index (Phi) is 4.43. The van der Waals surface area contributed by atoms with Gasteiger partial charge in [0.1, 0.15) is 5.75 Å². The summed E-state index contributed by atoms with van der Waals surface area (Å²) in [6, 6.07) is 8.51. The van der Waals surface area contributed by atoms with Crippen LogP contribution < -0.4 is 10.5 Å². The zero-order valence-electron chi connectivity index (χ0n) is 10.7. The number of rotatable bonds is 5. The molecule has 1 fully saturated rings. The van der Waals surface area contributed by atoms with Crippen LogP contribution in [0.2, 0.25) is 0 Å². The Balaban J connectivity index is 1.71. The highest BCUT2D eigenvalue weighted by Crippen LogP contribution is 2.28. The molecular weight excluding hydrogens is 210 g/mol. The van der Waals surface area contributed by atoms with Crippen LogP contribution in [0, 0.1) is 12.8 Å². The van der Waals surface area contributed by atoms with E-state index in [0.29, 0.717) is 6.04 Å². The third kappa shape index (κ3) is 3.74. The molecular formula is C15H23NO. The normalized spacial score (nSPS) is 18.2. The zero-order chi connectivity index (χ0) is 12.1. The molecule has 0 spiro atoms. The number of benzene rings is 1. The number of nitrogens with two attached hydrogens (primary N) is 1. The molecule has 17 heavy (non-hydrogen) atoms. The first-order chi connectivity index (χ1) is 8.25. The van der Waals surface area contributed by atoms with E-state index in [-0.39, 0.29) is 0 Å². The number of hydrogen-bond acceptors (Lipinski definition) is 2. The van der Waals surface area contributed by atoms with E-state index in [9.17, 15) is 0 Å². The van der Waals surface area contributed by atoms with Gasteiger partial charge in [-0.05, 0) is 49.8 Å². The minimum absolute atomic E-state index is 0.322. The lowest BCUT2D eigenvalue weighted by Gasteiger charge is -2.18. The summed E-state index contributed by atoms with van der Waals surface area (Å²) in [7, 11) is 0. The van der Waals surface area contributed by atoms with Crippen molar-refractivity contribution in [2.75, 3.05) is 6.61 Å². The van der Waals surface area contributed by atoms with Crippen molar-refractivity contribution in [3.63, 3.8) is 0 Å². The van der Waals surface area contributed by atoms with E-state index in [1.54, 1.807) is 0 Å². The van der Waals surface area contributed by atoms with Crippen molar-refractivity contribution in [2.24, 2.45) is 11.7 Å². The maximum atomic E-state index is 6.19. The van der Waals surface area contributed by atoms with Crippen molar-refractivity contribution < 1.29 is 4.74 Å². The summed E-state index contributed by atoms with van der Waals surface area (Å²) in [5.74, 6) is 1.69. The lowest BCUT2D eigenvalue weighted by molar-refractivity contribution is 0.274. The summed E-state index contributed by atoms with van der Waals surface area (Å²) < 4.78 is 5.74. The largest absolute Gasteiger partial charge is 0.494 e. The molecule has 94 valence electrons. The van der Waals surface area contributed by atoms with Crippen molar-refractivity contribution in [1.29, 1.82) is 0 Å². The van der Waals surface area contributed by atoms with Crippen LogP contribution in [0.4, 0.5) is 0 Å². The molecule has 1 unspecified atom stereocenters. The quantitative estimate of drug-likeness (QED) is 0.847. The van der Waals surface area contributed by atoms with Gasteiger partial charge in [-0.2, -0.15) is 0 Å². The average molecular weight is 233 g/mol. The highest BCUT2D eigenvalue weighted by atomic mass is 16.5. The number of ether oxygens (including phenoxy) is 1. The second kappa shape index (κ2) is 6.06. The lowest BCUT2D eigenvalue weighted by atomic mass is 9.97. The van der Waals surface area contributed by atoms with Crippen LogP contribution in [0.5, 0.6) is 5.75 Å². The first-order valence-electron chi connectivity index (χ1n) is 6.71. The van der Waals surface area contributed by atoms with Gasteiger partial charge in [0, 0.05) is 6.04 Å². The van der Waals surface area contributed by atoms with Crippen LogP contribution in [0.25, 0.3) is 0 Å². The molecule has 2 N–H and O–H groups in total. The monoisotopic (exact) mass is 233 g/mol. The minimum Gasteiger partial charge on any atom is -0.494 e. The average Bonchev–Trinajstić information content (AvgIpc) is 2.82. The molecule has 2 rings (SSSR count). The first kappa shape index (κ1) is 12.4. The molecule has 2 heteroatoms. The molecule has 1 aromatic rings. The minimum atomic E-state index is 0.322. The second-order valence-electron chi connectivity index (χ2n) is 5.16. The predicted molar refractivity (Wildman–Crippen MR) is 71.2 cm³/mol. The molecule has 1 saturated carbocycles. The molecule has 1 aromatic carbocycles. The Labute approximate surface area is 104 Å². The van der Waals surface area contributed by atoms with Crippen LogP contribution >= 0.6 is 0 Å². The van der Waals surface area contributed by atoms with Gasteiger partial charge >= 0.3 is 0 Å². The van der Waals surface area contributed by atoms with E-state index < -0.39 is 0 Å². The van der Waals surface area contributed by atoms with Gasteiger partial charge in [-0.3, -0.25) is 0 Å². The van der Waals surface area contributed by atoms with Crippen LogP contribution in [0.15, 0.2) is 24.3 Å². The van der Waals surface area contributed by atoms with Crippen LogP contribution in [-0.4, -0.2) is 12.6 Å². The van der Waals surface area contributed by atoms with Gasteiger partial charge in [-0.1, -0.05) is 25.0 Å². The van der Waals surface area contributed by atoms with Crippen molar-refractivity contribution in [3.8, 4) is 5.75 Å². The molecule has 1 aliphatic carbocycles. The van der Waals surface area contributed by atoms with Gasteiger partial charge in [-0.25, -0.2) is 0 Å². The van der Waals surface area contributed by atoms with Crippen molar-refractivity contribution in [2.45, 2.75) is 45.1 Å². The van der Waals surface area contributed by atoms with Crippen LogP contribution in [0.1, 0.15) is 37.7 Å². The second-order valence-corrected chi connectivity index (χ2v) is 5.16. The summed E-state index contributed by atoms with van der Waals surface area (Å²) in [5, 5.41) is 0. The fraction of sp³-hybridized carbons (Fsp3) is 0.600. The molecule has 0 saturated heterocycles. The van der Waals surface area contributed by atoms with Crippen molar-refractivity contribution in [3.05, 3.63) is 29.8 Å². The third-order valence-electron chi connectivity index (χ3n) is 3.71. The Morgan fingerprint density at radius 1 is 1.35 bits per heavy atom. The maximum absolute atomic E-state index is 6.19.